The highest BCUT2D eigenvalue weighted by Crippen LogP contribution is 2.12. The molecule has 0 unspecified atom stereocenters. The maximum absolute atomic E-state index is 8.75. The van der Waals surface area contributed by atoms with Crippen molar-refractivity contribution in [2.75, 3.05) is 0 Å². The lowest BCUT2D eigenvalue weighted by molar-refractivity contribution is 0.476. The summed E-state index contributed by atoms with van der Waals surface area (Å²) in [6.45, 7) is 5.66. The number of aryl methyl sites for hydroxylation is 1. The lowest BCUT2D eigenvalue weighted by Crippen LogP contribution is -1.77. The van der Waals surface area contributed by atoms with Gasteiger partial charge in [-0.2, -0.15) is 0 Å². The van der Waals surface area contributed by atoms with Crippen LogP contribution in [0.25, 0.3) is 5.57 Å². The molecule has 0 amide bonds. The molecule has 2 rings (SSSR count). The lowest BCUT2D eigenvalue weighted by Gasteiger charge is -1.97. The second kappa shape index (κ2) is 7.91. The fraction of sp³-hybridized carbons (Fsp3) is 0.0588. The summed E-state index contributed by atoms with van der Waals surface area (Å²) < 4.78 is 0. The maximum atomic E-state index is 8.75. The molecule has 0 saturated heterocycles. The van der Waals surface area contributed by atoms with Gasteiger partial charge in [-0.25, -0.2) is 0 Å². The van der Waals surface area contributed by atoms with Gasteiger partial charge in [0.1, 0.15) is 0 Å². The van der Waals surface area contributed by atoms with Crippen molar-refractivity contribution in [3.63, 3.8) is 0 Å². The molecule has 2 aromatic carbocycles. The van der Waals surface area contributed by atoms with E-state index < -0.39 is 0 Å². The molecule has 0 radical (unpaired) electrons. The topological polar surface area (TPSA) is 20.2 Å². The van der Waals surface area contributed by atoms with Gasteiger partial charge in [0.25, 0.3) is 0 Å². The molecule has 18 heavy (non-hydrogen) atoms. The van der Waals surface area contributed by atoms with E-state index in [1.165, 1.54) is 5.56 Å². The van der Waals surface area contributed by atoms with Crippen LogP contribution < -0.4 is 0 Å². The number of rotatable bonds is 2. The Labute approximate surface area is 109 Å². The van der Waals surface area contributed by atoms with Gasteiger partial charge >= 0.3 is 0 Å². The van der Waals surface area contributed by atoms with Gasteiger partial charge in [-0.3, -0.25) is 0 Å². The average Bonchev–Trinajstić information content (AvgIpc) is 2.43. The largest absolute Gasteiger partial charge is 0.515 e. The molecule has 2 aromatic rings. The molecule has 1 nitrogen and oxygen atoms in total. The third-order valence-corrected chi connectivity index (χ3v) is 2.41. The third-order valence-electron chi connectivity index (χ3n) is 2.41. The molecule has 0 aliphatic heterocycles. The van der Waals surface area contributed by atoms with Gasteiger partial charge in [-0.05, 0) is 12.5 Å². The number of hydrogen-bond donors (Lipinski definition) is 1. The first-order valence-corrected chi connectivity index (χ1v) is 5.82. The molecule has 0 atom stereocenters. The Hall–Kier alpha value is -2.28. The number of aliphatic hydroxyl groups excluding tert-OH is 1. The third kappa shape index (κ3) is 4.71. The van der Waals surface area contributed by atoms with Crippen molar-refractivity contribution in [1.29, 1.82) is 0 Å². The summed E-state index contributed by atoms with van der Waals surface area (Å²) in [5.41, 5.74) is 3.04. The summed E-state index contributed by atoms with van der Waals surface area (Å²) in [7, 11) is 0. The Balaban J connectivity index is 0.000000199. The molecule has 0 heterocycles. The smallest absolute Gasteiger partial charge is 0.0869 e. The first-order valence-electron chi connectivity index (χ1n) is 5.82. The Bertz CT molecular complexity index is 484. The van der Waals surface area contributed by atoms with Crippen LogP contribution in [0.1, 0.15) is 11.1 Å². The van der Waals surface area contributed by atoms with Crippen molar-refractivity contribution in [1.82, 2.24) is 0 Å². The van der Waals surface area contributed by atoms with E-state index in [0.29, 0.717) is 0 Å². The predicted molar refractivity (Wildman–Crippen MR) is 78.4 cm³/mol. The Morgan fingerprint density at radius 3 is 1.78 bits per heavy atom. The van der Waals surface area contributed by atoms with Gasteiger partial charge in [0.2, 0.25) is 0 Å². The van der Waals surface area contributed by atoms with Crippen molar-refractivity contribution in [2.45, 2.75) is 6.92 Å². The van der Waals surface area contributed by atoms with Crippen molar-refractivity contribution in [3.05, 3.63) is 90.7 Å². The maximum Gasteiger partial charge on any atom is 0.0869 e. The van der Waals surface area contributed by atoms with E-state index in [1.807, 2.05) is 48.5 Å². The highest BCUT2D eigenvalue weighted by molar-refractivity contribution is 5.72. The van der Waals surface area contributed by atoms with E-state index in [0.717, 1.165) is 17.4 Å². The van der Waals surface area contributed by atoms with Crippen LogP contribution >= 0.6 is 0 Å². The monoisotopic (exact) mass is 238 g/mol. The van der Waals surface area contributed by atoms with Crippen LogP contribution in [-0.4, -0.2) is 5.11 Å². The van der Waals surface area contributed by atoms with Gasteiger partial charge in [-0.1, -0.05) is 78.9 Å². The SMILES string of the molecule is C=C/C(=C/O)c1ccccc1.Cc1ccccc1. The summed E-state index contributed by atoms with van der Waals surface area (Å²) in [6, 6.07) is 19.9. The van der Waals surface area contributed by atoms with Crippen LogP contribution in [0.15, 0.2) is 79.6 Å². The molecule has 92 valence electrons. The fourth-order valence-corrected chi connectivity index (χ4v) is 1.41. The van der Waals surface area contributed by atoms with Crippen molar-refractivity contribution in [3.8, 4) is 0 Å². The molecule has 1 N–H and O–H groups in total. The van der Waals surface area contributed by atoms with E-state index in [4.69, 9.17) is 5.11 Å². The highest BCUT2D eigenvalue weighted by Gasteiger charge is 1.93. The normalized spacial score (nSPS) is 10.2. The quantitative estimate of drug-likeness (QED) is 0.590. The zero-order valence-corrected chi connectivity index (χ0v) is 10.6. The van der Waals surface area contributed by atoms with Crippen LogP contribution in [0.5, 0.6) is 0 Å². The zero-order chi connectivity index (χ0) is 13.2. The summed E-state index contributed by atoms with van der Waals surface area (Å²) >= 11 is 0. The van der Waals surface area contributed by atoms with Gasteiger partial charge in [0.15, 0.2) is 0 Å². The van der Waals surface area contributed by atoms with Gasteiger partial charge < -0.3 is 5.11 Å². The van der Waals surface area contributed by atoms with E-state index in [-0.39, 0.29) is 0 Å². The van der Waals surface area contributed by atoms with E-state index in [9.17, 15) is 0 Å². The second-order valence-electron chi connectivity index (χ2n) is 3.81. The van der Waals surface area contributed by atoms with Crippen molar-refractivity contribution in [2.24, 2.45) is 0 Å². The van der Waals surface area contributed by atoms with Crippen molar-refractivity contribution >= 4 is 5.57 Å². The van der Waals surface area contributed by atoms with Crippen LogP contribution in [-0.2, 0) is 0 Å². The Morgan fingerprint density at radius 2 is 1.44 bits per heavy atom. The van der Waals surface area contributed by atoms with E-state index in [2.05, 4.69) is 25.6 Å². The Morgan fingerprint density at radius 1 is 0.944 bits per heavy atom. The number of allylic oxidation sites excluding steroid dienone is 2. The minimum Gasteiger partial charge on any atom is -0.515 e. The van der Waals surface area contributed by atoms with Gasteiger partial charge in [-0.15, -0.1) is 0 Å². The molecule has 0 aliphatic carbocycles. The van der Waals surface area contributed by atoms with E-state index in [1.54, 1.807) is 6.08 Å². The second-order valence-corrected chi connectivity index (χ2v) is 3.81. The van der Waals surface area contributed by atoms with Crippen molar-refractivity contribution < 1.29 is 5.11 Å². The minimum absolute atomic E-state index is 0.741. The fourth-order valence-electron chi connectivity index (χ4n) is 1.41. The standard InChI is InChI=1S/C10H10O.C7H8/c1-2-9(8-11)10-6-4-3-5-7-10;1-7-5-3-2-4-6-7/h2-8,11H,1H2;2-6H,1H3/b9-8-;. The average molecular weight is 238 g/mol. The number of benzene rings is 2. The first kappa shape index (κ1) is 13.8. The predicted octanol–water partition coefficient (Wildman–Crippen LogP) is 4.77. The summed E-state index contributed by atoms with van der Waals surface area (Å²) in [6.07, 6.45) is 2.68. The molecule has 0 bridgehead atoms. The molecule has 1 heteroatoms. The van der Waals surface area contributed by atoms with Crippen LogP contribution in [0.2, 0.25) is 0 Å². The molecule has 0 aromatic heterocycles. The van der Waals surface area contributed by atoms with Crippen LogP contribution in [0, 0.1) is 6.92 Å². The number of hydrogen-bond acceptors (Lipinski definition) is 1. The number of aliphatic hydroxyl groups is 1. The molecule has 0 aliphatic rings. The molecular formula is C17H18O. The molecule has 0 spiro atoms. The first-order chi connectivity index (χ1) is 8.77. The van der Waals surface area contributed by atoms with Crippen LogP contribution in [0.4, 0.5) is 0 Å². The molecule has 0 fully saturated rings. The van der Waals surface area contributed by atoms with Gasteiger partial charge in [0.05, 0.1) is 6.26 Å². The zero-order valence-electron chi connectivity index (χ0n) is 10.6. The van der Waals surface area contributed by atoms with E-state index >= 15 is 0 Å². The Kier molecular flexibility index (Phi) is 6.05. The highest BCUT2D eigenvalue weighted by atomic mass is 16.2. The van der Waals surface area contributed by atoms with Gasteiger partial charge in [0, 0.05) is 5.57 Å². The summed E-state index contributed by atoms with van der Waals surface area (Å²) in [5.74, 6) is 0. The lowest BCUT2D eigenvalue weighted by atomic mass is 10.1. The van der Waals surface area contributed by atoms with Crippen LogP contribution in [0.3, 0.4) is 0 Å². The summed E-state index contributed by atoms with van der Waals surface area (Å²) in [4.78, 5) is 0. The summed E-state index contributed by atoms with van der Waals surface area (Å²) in [5, 5.41) is 8.75. The molecular weight excluding hydrogens is 220 g/mol. The minimum atomic E-state index is 0.741. The molecule has 0 saturated carbocycles.